The van der Waals surface area contributed by atoms with Gasteiger partial charge in [0.25, 0.3) is 5.91 Å². The van der Waals surface area contributed by atoms with E-state index in [1.807, 2.05) is 0 Å². The lowest BCUT2D eigenvalue weighted by atomic mass is 10.4. The third-order valence-corrected chi connectivity index (χ3v) is 1.31. The number of hydrogen-bond donors (Lipinski definition) is 2. The Balaban J connectivity index is 2.80. The molecule has 4 heteroatoms. The summed E-state index contributed by atoms with van der Waals surface area (Å²) in [4.78, 5) is 10.9. The second kappa shape index (κ2) is 3.21. The molecule has 0 saturated heterocycles. The molecule has 0 aliphatic carbocycles. The molecule has 1 aromatic heterocycles. The predicted octanol–water partition coefficient (Wildman–Crippen LogP) is 0.0979. The summed E-state index contributed by atoms with van der Waals surface area (Å²) in [6, 6.07) is 3.28. The first-order valence-electron chi connectivity index (χ1n) is 3.28. The molecule has 0 aromatic carbocycles. The highest BCUT2D eigenvalue weighted by Gasteiger charge is 2.06. The van der Waals surface area contributed by atoms with Gasteiger partial charge in [-0.3, -0.25) is 4.79 Å². The maximum atomic E-state index is 10.9. The van der Waals surface area contributed by atoms with Gasteiger partial charge in [0.1, 0.15) is 5.76 Å². The summed E-state index contributed by atoms with van der Waals surface area (Å²) in [5.41, 5.74) is 5.28. The van der Waals surface area contributed by atoms with Crippen molar-refractivity contribution in [2.75, 3.05) is 7.05 Å². The molecule has 1 amide bonds. The van der Waals surface area contributed by atoms with Gasteiger partial charge in [0.2, 0.25) is 0 Å². The molecule has 0 aliphatic rings. The fourth-order valence-corrected chi connectivity index (χ4v) is 0.733. The molecule has 0 spiro atoms. The molecule has 0 unspecified atom stereocenters. The Morgan fingerprint density at radius 1 is 1.73 bits per heavy atom. The second-order valence-electron chi connectivity index (χ2n) is 2.05. The number of rotatable bonds is 2. The summed E-state index contributed by atoms with van der Waals surface area (Å²) in [5, 5.41) is 2.45. The monoisotopic (exact) mass is 154 g/mol. The number of hydrogen-bond acceptors (Lipinski definition) is 3. The van der Waals surface area contributed by atoms with E-state index in [-0.39, 0.29) is 5.91 Å². The zero-order valence-corrected chi connectivity index (χ0v) is 6.26. The molecule has 0 aliphatic heterocycles. The van der Waals surface area contributed by atoms with Crippen LogP contribution in [0.2, 0.25) is 0 Å². The highest BCUT2D eigenvalue weighted by atomic mass is 16.4. The van der Waals surface area contributed by atoms with Crippen LogP contribution in [0.1, 0.15) is 16.3 Å². The molecule has 4 nitrogen and oxygen atoms in total. The molecule has 60 valence electrons. The number of amides is 1. The summed E-state index contributed by atoms with van der Waals surface area (Å²) in [5.74, 6) is 0.682. The quantitative estimate of drug-likeness (QED) is 0.634. The average Bonchev–Trinajstić information content (AvgIpc) is 2.50. The summed E-state index contributed by atoms with van der Waals surface area (Å²) in [7, 11) is 1.55. The van der Waals surface area contributed by atoms with E-state index in [1.54, 1.807) is 19.2 Å². The van der Waals surface area contributed by atoms with Gasteiger partial charge in [-0.25, -0.2) is 0 Å². The van der Waals surface area contributed by atoms with Crippen LogP contribution in [0.4, 0.5) is 0 Å². The molecule has 0 fully saturated rings. The number of carbonyl (C=O) groups excluding carboxylic acids is 1. The van der Waals surface area contributed by atoms with Gasteiger partial charge in [-0.1, -0.05) is 0 Å². The lowest BCUT2D eigenvalue weighted by Gasteiger charge is -1.92. The van der Waals surface area contributed by atoms with Crippen molar-refractivity contribution in [3.05, 3.63) is 23.7 Å². The van der Waals surface area contributed by atoms with Crippen LogP contribution in [0.5, 0.6) is 0 Å². The Morgan fingerprint density at radius 2 is 2.45 bits per heavy atom. The third-order valence-electron chi connectivity index (χ3n) is 1.31. The SMILES string of the molecule is CNC(=O)c1ccc(CN)o1. The largest absolute Gasteiger partial charge is 0.455 e. The van der Waals surface area contributed by atoms with Crippen molar-refractivity contribution in [2.24, 2.45) is 5.73 Å². The van der Waals surface area contributed by atoms with Gasteiger partial charge < -0.3 is 15.5 Å². The van der Waals surface area contributed by atoms with Crippen LogP contribution < -0.4 is 11.1 Å². The molecule has 11 heavy (non-hydrogen) atoms. The lowest BCUT2D eigenvalue weighted by molar-refractivity contribution is 0.0934. The Labute approximate surface area is 64.4 Å². The average molecular weight is 154 g/mol. The topological polar surface area (TPSA) is 68.3 Å². The third kappa shape index (κ3) is 1.59. The second-order valence-corrected chi connectivity index (χ2v) is 2.05. The fraction of sp³-hybridized carbons (Fsp3) is 0.286. The summed E-state index contributed by atoms with van der Waals surface area (Å²) < 4.78 is 5.05. The lowest BCUT2D eigenvalue weighted by Crippen LogP contribution is -2.16. The molecule has 0 radical (unpaired) electrons. The van der Waals surface area contributed by atoms with Crippen LogP contribution in [0, 0.1) is 0 Å². The molecule has 1 rings (SSSR count). The first-order chi connectivity index (χ1) is 5.27. The van der Waals surface area contributed by atoms with Crippen LogP contribution >= 0.6 is 0 Å². The van der Waals surface area contributed by atoms with E-state index in [9.17, 15) is 4.79 Å². The van der Waals surface area contributed by atoms with Gasteiger partial charge in [0.15, 0.2) is 5.76 Å². The smallest absolute Gasteiger partial charge is 0.286 e. The van der Waals surface area contributed by atoms with Crippen molar-refractivity contribution in [1.82, 2.24) is 5.32 Å². The van der Waals surface area contributed by atoms with E-state index in [2.05, 4.69) is 5.32 Å². The van der Waals surface area contributed by atoms with Gasteiger partial charge in [0.05, 0.1) is 6.54 Å². The van der Waals surface area contributed by atoms with Crippen molar-refractivity contribution in [2.45, 2.75) is 6.54 Å². The molecule has 0 atom stereocenters. The van der Waals surface area contributed by atoms with Crippen molar-refractivity contribution in [1.29, 1.82) is 0 Å². The van der Waals surface area contributed by atoms with Crippen molar-refractivity contribution in [3.8, 4) is 0 Å². The van der Waals surface area contributed by atoms with E-state index >= 15 is 0 Å². The zero-order valence-electron chi connectivity index (χ0n) is 6.26. The van der Waals surface area contributed by atoms with E-state index in [4.69, 9.17) is 10.2 Å². The minimum absolute atomic E-state index is 0.232. The Hall–Kier alpha value is -1.29. The van der Waals surface area contributed by atoms with Gasteiger partial charge in [-0.15, -0.1) is 0 Å². The summed E-state index contributed by atoms with van der Waals surface area (Å²) in [6.07, 6.45) is 0. The molecule has 1 aromatic rings. The Morgan fingerprint density at radius 3 is 2.91 bits per heavy atom. The summed E-state index contributed by atoms with van der Waals surface area (Å²) in [6.45, 7) is 0.316. The molecule has 0 bridgehead atoms. The standard InChI is InChI=1S/C7H10N2O2/c1-9-7(10)6-3-2-5(4-8)11-6/h2-3H,4,8H2,1H3,(H,9,10). The number of nitrogens with two attached hydrogens (primary N) is 1. The van der Waals surface area contributed by atoms with Crippen LogP contribution in [-0.2, 0) is 6.54 Å². The highest BCUT2D eigenvalue weighted by molar-refractivity contribution is 5.91. The maximum Gasteiger partial charge on any atom is 0.286 e. The zero-order chi connectivity index (χ0) is 8.27. The normalized spacial score (nSPS) is 9.64. The molecular formula is C7H10N2O2. The van der Waals surface area contributed by atoms with Crippen LogP contribution in [-0.4, -0.2) is 13.0 Å². The Bertz CT molecular complexity index is 255. The van der Waals surface area contributed by atoms with E-state index in [0.717, 1.165) is 0 Å². The molecule has 1 heterocycles. The molecule has 0 saturated carbocycles. The van der Waals surface area contributed by atoms with Crippen LogP contribution in [0.25, 0.3) is 0 Å². The van der Waals surface area contributed by atoms with Gasteiger partial charge in [0, 0.05) is 7.05 Å². The minimum atomic E-state index is -0.232. The van der Waals surface area contributed by atoms with Crippen molar-refractivity contribution < 1.29 is 9.21 Å². The summed E-state index contributed by atoms with van der Waals surface area (Å²) >= 11 is 0. The molecular weight excluding hydrogens is 144 g/mol. The van der Waals surface area contributed by atoms with Crippen LogP contribution in [0.3, 0.4) is 0 Å². The highest BCUT2D eigenvalue weighted by Crippen LogP contribution is 2.05. The van der Waals surface area contributed by atoms with E-state index < -0.39 is 0 Å². The minimum Gasteiger partial charge on any atom is -0.455 e. The predicted molar refractivity (Wildman–Crippen MR) is 40.0 cm³/mol. The van der Waals surface area contributed by atoms with Gasteiger partial charge in [-0.05, 0) is 12.1 Å². The maximum absolute atomic E-state index is 10.9. The fourth-order valence-electron chi connectivity index (χ4n) is 0.733. The number of carbonyl (C=O) groups is 1. The van der Waals surface area contributed by atoms with Crippen molar-refractivity contribution in [3.63, 3.8) is 0 Å². The van der Waals surface area contributed by atoms with Crippen LogP contribution in [0.15, 0.2) is 16.5 Å². The van der Waals surface area contributed by atoms with Gasteiger partial charge >= 0.3 is 0 Å². The van der Waals surface area contributed by atoms with E-state index in [1.165, 1.54) is 0 Å². The van der Waals surface area contributed by atoms with E-state index in [0.29, 0.717) is 18.1 Å². The molecule has 3 N–H and O–H groups in total. The van der Waals surface area contributed by atoms with Gasteiger partial charge in [-0.2, -0.15) is 0 Å². The number of nitrogens with one attached hydrogen (secondary N) is 1. The first-order valence-corrected chi connectivity index (χ1v) is 3.28. The Kier molecular flexibility index (Phi) is 2.28. The van der Waals surface area contributed by atoms with Crippen molar-refractivity contribution >= 4 is 5.91 Å². The number of furan rings is 1. The first kappa shape index (κ1) is 7.81.